The largest absolute Gasteiger partial charge is 0.493 e. The first kappa shape index (κ1) is 20.0. The molecule has 2 heterocycles. The third-order valence-electron chi connectivity index (χ3n) is 5.17. The number of benzene rings is 2. The average Bonchev–Trinajstić information content (AvgIpc) is 2.79. The van der Waals surface area contributed by atoms with Crippen LogP contribution >= 0.6 is 0 Å². The molecule has 1 N–H and O–H groups in total. The van der Waals surface area contributed by atoms with Crippen LogP contribution in [0, 0.1) is 0 Å². The Hall–Kier alpha value is -3.32. The molecule has 0 unspecified atom stereocenters. The van der Waals surface area contributed by atoms with Crippen LogP contribution in [-0.2, 0) is 19.5 Å². The van der Waals surface area contributed by atoms with E-state index in [2.05, 4.69) is 15.2 Å². The smallest absolute Gasteiger partial charge is 0.227 e. The molecule has 0 saturated heterocycles. The fourth-order valence-electron chi connectivity index (χ4n) is 3.71. The monoisotopic (exact) mass is 406 g/mol. The van der Waals surface area contributed by atoms with Gasteiger partial charge in [-0.3, -0.25) is 4.90 Å². The van der Waals surface area contributed by atoms with Crippen molar-refractivity contribution in [3.63, 3.8) is 0 Å². The molecule has 0 saturated carbocycles. The summed E-state index contributed by atoms with van der Waals surface area (Å²) in [5.41, 5.74) is 4.35. The summed E-state index contributed by atoms with van der Waals surface area (Å²) in [5, 5.41) is 3.27. The molecule has 0 spiro atoms. The number of hydrogen-bond acceptors (Lipinski definition) is 7. The van der Waals surface area contributed by atoms with Crippen LogP contribution in [-0.4, -0.2) is 42.7 Å². The SMILES string of the molecule is COc1cc(CN2CCc3nc(Nc4ccccc4)ncc3C2)cc(OC)c1OC. The van der Waals surface area contributed by atoms with Crippen LogP contribution in [0.5, 0.6) is 17.2 Å². The molecule has 4 rings (SSSR count). The van der Waals surface area contributed by atoms with E-state index in [4.69, 9.17) is 19.2 Å². The highest BCUT2D eigenvalue weighted by molar-refractivity contribution is 5.54. The first-order valence-corrected chi connectivity index (χ1v) is 9.88. The van der Waals surface area contributed by atoms with Gasteiger partial charge in [-0.15, -0.1) is 0 Å². The van der Waals surface area contributed by atoms with E-state index in [9.17, 15) is 0 Å². The van der Waals surface area contributed by atoms with Crippen molar-refractivity contribution in [2.75, 3.05) is 33.2 Å². The Morgan fingerprint density at radius 1 is 1.00 bits per heavy atom. The molecule has 0 atom stereocenters. The van der Waals surface area contributed by atoms with E-state index in [0.717, 1.165) is 48.6 Å². The van der Waals surface area contributed by atoms with Crippen molar-refractivity contribution >= 4 is 11.6 Å². The number of anilines is 2. The summed E-state index contributed by atoms with van der Waals surface area (Å²) in [5.74, 6) is 2.59. The maximum atomic E-state index is 5.48. The van der Waals surface area contributed by atoms with E-state index >= 15 is 0 Å². The van der Waals surface area contributed by atoms with Crippen LogP contribution < -0.4 is 19.5 Å². The van der Waals surface area contributed by atoms with Crippen LogP contribution in [0.1, 0.15) is 16.8 Å². The number of ether oxygens (including phenoxy) is 3. The number of nitrogens with zero attached hydrogens (tertiary/aromatic N) is 3. The quantitative estimate of drug-likeness (QED) is 0.640. The number of para-hydroxylation sites is 1. The summed E-state index contributed by atoms with van der Waals surface area (Å²) in [4.78, 5) is 11.6. The zero-order chi connectivity index (χ0) is 20.9. The Balaban J connectivity index is 1.47. The lowest BCUT2D eigenvalue weighted by Crippen LogP contribution is -2.31. The molecule has 30 heavy (non-hydrogen) atoms. The minimum absolute atomic E-state index is 0.611. The fourth-order valence-corrected chi connectivity index (χ4v) is 3.71. The minimum atomic E-state index is 0.611. The summed E-state index contributed by atoms with van der Waals surface area (Å²) >= 11 is 0. The lowest BCUT2D eigenvalue weighted by Gasteiger charge is -2.28. The molecular formula is C23H26N4O3. The van der Waals surface area contributed by atoms with Gasteiger partial charge in [0.25, 0.3) is 0 Å². The topological polar surface area (TPSA) is 68.7 Å². The van der Waals surface area contributed by atoms with Crippen molar-refractivity contribution in [1.29, 1.82) is 0 Å². The van der Waals surface area contributed by atoms with Crippen LogP contribution in [0.4, 0.5) is 11.6 Å². The Morgan fingerprint density at radius 3 is 2.40 bits per heavy atom. The number of methoxy groups -OCH3 is 3. The first-order valence-electron chi connectivity index (χ1n) is 9.88. The van der Waals surface area contributed by atoms with Crippen molar-refractivity contribution < 1.29 is 14.2 Å². The molecule has 0 fully saturated rings. The summed E-state index contributed by atoms with van der Waals surface area (Å²) in [6.45, 7) is 2.50. The van der Waals surface area contributed by atoms with Crippen LogP contribution in [0.2, 0.25) is 0 Å². The van der Waals surface area contributed by atoms with Gasteiger partial charge in [-0.1, -0.05) is 18.2 Å². The summed E-state index contributed by atoms with van der Waals surface area (Å²) in [6, 6.07) is 14.0. The van der Waals surface area contributed by atoms with E-state index in [-0.39, 0.29) is 0 Å². The normalized spacial score (nSPS) is 13.4. The zero-order valence-corrected chi connectivity index (χ0v) is 17.5. The number of fused-ring (bicyclic) bond motifs is 1. The van der Waals surface area contributed by atoms with Gasteiger partial charge < -0.3 is 19.5 Å². The van der Waals surface area contributed by atoms with Gasteiger partial charge in [0.1, 0.15) is 0 Å². The Morgan fingerprint density at radius 2 is 1.73 bits per heavy atom. The second kappa shape index (κ2) is 9.00. The first-order chi connectivity index (χ1) is 14.7. The van der Waals surface area contributed by atoms with Crippen LogP contribution in [0.3, 0.4) is 0 Å². The molecule has 1 aromatic heterocycles. The van der Waals surface area contributed by atoms with Crippen molar-refractivity contribution in [1.82, 2.24) is 14.9 Å². The summed E-state index contributed by atoms with van der Waals surface area (Å²) in [6.07, 6.45) is 2.81. The molecule has 2 aromatic carbocycles. The number of nitrogens with one attached hydrogen (secondary N) is 1. The standard InChI is InChI=1S/C23H26N4O3/c1-28-20-11-16(12-21(29-2)22(20)30-3)14-27-10-9-19-17(15-27)13-24-23(26-19)25-18-7-5-4-6-8-18/h4-8,11-13H,9-10,14-15H2,1-3H3,(H,24,25,26). The summed E-state index contributed by atoms with van der Waals surface area (Å²) < 4.78 is 16.4. The van der Waals surface area contributed by atoms with Gasteiger partial charge in [0.05, 0.1) is 27.0 Å². The van der Waals surface area contributed by atoms with E-state index in [1.54, 1.807) is 21.3 Å². The van der Waals surface area contributed by atoms with Gasteiger partial charge in [-0.05, 0) is 29.8 Å². The van der Waals surface area contributed by atoms with Crippen molar-refractivity contribution in [3.05, 3.63) is 65.5 Å². The minimum Gasteiger partial charge on any atom is -0.493 e. The molecule has 156 valence electrons. The molecule has 0 aliphatic carbocycles. The van der Waals surface area contributed by atoms with Gasteiger partial charge in [0, 0.05) is 43.5 Å². The predicted octanol–water partition coefficient (Wildman–Crippen LogP) is 3.80. The highest BCUT2D eigenvalue weighted by Crippen LogP contribution is 2.38. The van der Waals surface area contributed by atoms with E-state index in [1.807, 2.05) is 48.7 Å². The van der Waals surface area contributed by atoms with Crippen molar-refractivity contribution in [3.8, 4) is 17.2 Å². The molecule has 3 aromatic rings. The molecule has 0 radical (unpaired) electrons. The van der Waals surface area contributed by atoms with Gasteiger partial charge in [-0.25, -0.2) is 9.97 Å². The highest BCUT2D eigenvalue weighted by atomic mass is 16.5. The second-order valence-corrected chi connectivity index (χ2v) is 7.15. The molecule has 1 aliphatic heterocycles. The average molecular weight is 406 g/mol. The summed E-state index contributed by atoms with van der Waals surface area (Å²) in [7, 11) is 4.88. The molecule has 0 bridgehead atoms. The van der Waals surface area contributed by atoms with E-state index in [1.165, 1.54) is 0 Å². The van der Waals surface area contributed by atoms with Crippen LogP contribution in [0.25, 0.3) is 0 Å². The molecular weight excluding hydrogens is 380 g/mol. The van der Waals surface area contributed by atoms with Gasteiger partial charge >= 0.3 is 0 Å². The maximum Gasteiger partial charge on any atom is 0.227 e. The van der Waals surface area contributed by atoms with Gasteiger partial charge in [0.15, 0.2) is 11.5 Å². The third-order valence-corrected chi connectivity index (χ3v) is 5.17. The van der Waals surface area contributed by atoms with Crippen molar-refractivity contribution in [2.45, 2.75) is 19.5 Å². The van der Waals surface area contributed by atoms with Crippen molar-refractivity contribution in [2.24, 2.45) is 0 Å². The Bertz CT molecular complexity index is 986. The number of rotatable bonds is 7. The molecule has 7 nitrogen and oxygen atoms in total. The van der Waals surface area contributed by atoms with E-state index < -0.39 is 0 Å². The van der Waals surface area contributed by atoms with Gasteiger partial charge in [0.2, 0.25) is 11.7 Å². The Kier molecular flexibility index (Phi) is 5.99. The number of aromatic nitrogens is 2. The van der Waals surface area contributed by atoms with Crippen LogP contribution in [0.15, 0.2) is 48.7 Å². The second-order valence-electron chi connectivity index (χ2n) is 7.15. The lowest BCUT2D eigenvalue weighted by atomic mass is 10.1. The Labute approximate surface area is 176 Å². The lowest BCUT2D eigenvalue weighted by molar-refractivity contribution is 0.241. The maximum absolute atomic E-state index is 5.48. The predicted molar refractivity (Wildman–Crippen MR) is 116 cm³/mol. The highest BCUT2D eigenvalue weighted by Gasteiger charge is 2.20. The molecule has 7 heteroatoms. The third kappa shape index (κ3) is 4.31. The molecule has 0 amide bonds. The van der Waals surface area contributed by atoms with Gasteiger partial charge in [-0.2, -0.15) is 0 Å². The van der Waals surface area contributed by atoms with E-state index in [0.29, 0.717) is 23.2 Å². The molecule has 1 aliphatic rings. The number of hydrogen-bond donors (Lipinski definition) is 1. The fraction of sp³-hybridized carbons (Fsp3) is 0.304. The zero-order valence-electron chi connectivity index (χ0n) is 17.5.